The molecule has 0 aliphatic carbocycles. The van der Waals surface area contributed by atoms with Crippen LogP contribution in [0.4, 0.5) is 18.0 Å². The number of carbonyl (C=O) groups is 2. The Morgan fingerprint density at radius 1 is 1.10 bits per heavy atom. The highest BCUT2D eigenvalue weighted by Gasteiger charge is 2.50. The molecule has 4 rings (SSSR count). The molecule has 0 saturated carbocycles. The molecule has 3 fully saturated rings. The molecule has 0 bridgehead atoms. The maximum Gasteiger partial charge on any atom is 0.573 e. The number of piperazine rings is 1. The number of hydrogen-bond acceptors (Lipinski definition) is 5. The number of halogens is 3. The molecule has 0 atom stereocenters. The number of hydrogen-bond donors (Lipinski definition) is 1. The molecular weight excluding hydrogens is 441 g/mol. The van der Waals surface area contributed by atoms with Crippen LogP contribution in [0, 0.1) is 0 Å². The van der Waals surface area contributed by atoms with Gasteiger partial charge in [0.1, 0.15) is 5.75 Å². The van der Waals surface area contributed by atoms with Crippen LogP contribution >= 0.6 is 0 Å². The molecule has 3 aliphatic rings. The maximum atomic E-state index is 12.8. The molecule has 0 unspecified atom stereocenters. The highest BCUT2D eigenvalue weighted by Crippen LogP contribution is 2.32. The number of likely N-dealkylation sites (tertiary alicyclic amines) is 1. The molecule has 0 radical (unpaired) electrons. The van der Waals surface area contributed by atoms with Crippen molar-refractivity contribution in [2.75, 3.05) is 39.3 Å². The van der Waals surface area contributed by atoms with Crippen molar-refractivity contribution >= 4 is 22.0 Å². The van der Waals surface area contributed by atoms with Crippen molar-refractivity contribution in [3.05, 3.63) is 24.3 Å². The van der Waals surface area contributed by atoms with Gasteiger partial charge < -0.3 is 19.9 Å². The summed E-state index contributed by atoms with van der Waals surface area (Å²) in [5.41, 5.74) is -0.332. The van der Waals surface area contributed by atoms with E-state index in [0.717, 1.165) is 16.4 Å². The summed E-state index contributed by atoms with van der Waals surface area (Å²) in [5, 5.41) is 2.90. The van der Waals surface area contributed by atoms with E-state index in [1.165, 1.54) is 12.1 Å². The Hall–Kier alpha value is -2.54. The minimum atomic E-state index is -4.93. The van der Waals surface area contributed by atoms with Crippen molar-refractivity contribution in [1.29, 1.82) is 0 Å². The Morgan fingerprint density at radius 3 is 2.35 bits per heavy atom. The molecule has 3 saturated heterocycles. The second-order valence-corrected chi connectivity index (χ2v) is 9.82. The zero-order valence-corrected chi connectivity index (χ0v) is 17.2. The zero-order chi connectivity index (χ0) is 22.4. The number of alkyl halides is 3. The van der Waals surface area contributed by atoms with Crippen LogP contribution in [0.5, 0.6) is 5.75 Å². The minimum absolute atomic E-state index is 0.0179. The van der Waals surface area contributed by atoms with Crippen molar-refractivity contribution < 1.29 is 35.9 Å². The van der Waals surface area contributed by atoms with Gasteiger partial charge >= 0.3 is 12.4 Å². The van der Waals surface area contributed by atoms with E-state index >= 15 is 0 Å². The maximum absolute atomic E-state index is 12.8. The Labute approximate surface area is 176 Å². The summed E-state index contributed by atoms with van der Waals surface area (Å²) >= 11 is 0. The van der Waals surface area contributed by atoms with E-state index in [1.54, 1.807) is 9.80 Å². The van der Waals surface area contributed by atoms with Crippen LogP contribution in [0.1, 0.15) is 12.8 Å². The summed E-state index contributed by atoms with van der Waals surface area (Å²) in [4.78, 5) is 26.9. The van der Waals surface area contributed by atoms with Crippen LogP contribution in [-0.2, 0) is 14.8 Å². The van der Waals surface area contributed by atoms with Crippen LogP contribution in [0.25, 0.3) is 0 Å². The van der Waals surface area contributed by atoms with Crippen molar-refractivity contribution in [2.45, 2.75) is 29.6 Å². The van der Waals surface area contributed by atoms with Gasteiger partial charge in [0.05, 0.1) is 10.4 Å². The van der Waals surface area contributed by atoms with Crippen molar-refractivity contribution in [3.8, 4) is 5.75 Å². The smallest absolute Gasteiger partial charge is 0.406 e. The highest BCUT2D eigenvalue weighted by atomic mass is 32.2. The molecular formula is C18H21F3N4O5S. The summed E-state index contributed by atoms with van der Waals surface area (Å²) in [6.45, 7) is 1.23. The number of benzene rings is 1. The van der Waals surface area contributed by atoms with Crippen LogP contribution in [0.15, 0.2) is 29.2 Å². The van der Waals surface area contributed by atoms with Crippen molar-refractivity contribution in [3.63, 3.8) is 0 Å². The Kier molecular flexibility index (Phi) is 5.28. The number of sulfonamides is 1. The van der Waals surface area contributed by atoms with Gasteiger partial charge in [0.2, 0.25) is 15.9 Å². The predicted octanol–water partition coefficient (Wildman–Crippen LogP) is 0.976. The Bertz CT molecular complexity index is 986. The third-order valence-corrected chi connectivity index (χ3v) is 7.57. The van der Waals surface area contributed by atoms with Crippen LogP contribution in [-0.4, -0.2) is 85.6 Å². The molecule has 3 amide bonds. The SMILES string of the molecule is O=C1CCC2(CN(C(=O)N3CCN(S(=O)(=O)c4cccc(OC(F)(F)F)c4)CC3)C2)N1. The second kappa shape index (κ2) is 7.55. The molecule has 170 valence electrons. The number of amides is 3. The number of urea groups is 1. The fourth-order valence-corrected chi connectivity index (χ4v) is 5.59. The van der Waals surface area contributed by atoms with Gasteiger partial charge in [-0.05, 0) is 18.6 Å². The average molecular weight is 462 g/mol. The van der Waals surface area contributed by atoms with Crippen LogP contribution in [0.3, 0.4) is 0 Å². The summed E-state index contributed by atoms with van der Waals surface area (Å²) in [7, 11) is -4.04. The lowest BCUT2D eigenvalue weighted by Crippen LogP contribution is -2.70. The lowest BCUT2D eigenvalue weighted by atomic mass is 9.88. The molecule has 3 aliphatic heterocycles. The fraction of sp³-hybridized carbons (Fsp3) is 0.556. The summed E-state index contributed by atoms with van der Waals surface area (Å²) in [6.07, 6.45) is -3.78. The first-order valence-corrected chi connectivity index (χ1v) is 11.1. The lowest BCUT2D eigenvalue weighted by molar-refractivity contribution is -0.274. The quantitative estimate of drug-likeness (QED) is 0.722. The van der Waals surface area contributed by atoms with E-state index in [2.05, 4.69) is 10.1 Å². The molecule has 3 heterocycles. The minimum Gasteiger partial charge on any atom is -0.406 e. The molecule has 0 aromatic heterocycles. The monoisotopic (exact) mass is 462 g/mol. The first-order valence-electron chi connectivity index (χ1n) is 9.68. The topological polar surface area (TPSA) is 99.3 Å². The molecule has 1 N–H and O–H groups in total. The van der Waals surface area contributed by atoms with Crippen molar-refractivity contribution in [2.24, 2.45) is 0 Å². The van der Waals surface area contributed by atoms with Crippen LogP contribution < -0.4 is 10.1 Å². The first-order chi connectivity index (χ1) is 14.5. The lowest BCUT2D eigenvalue weighted by Gasteiger charge is -2.49. The van der Waals surface area contributed by atoms with Crippen molar-refractivity contribution in [1.82, 2.24) is 19.4 Å². The molecule has 31 heavy (non-hydrogen) atoms. The molecule has 1 aromatic carbocycles. The Morgan fingerprint density at radius 2 is 1.77 bits per heavy atom. The van der Waals surface area contributed by atoms with Gasteiger partial charge in [0, 0.05) is 51.8 Å². The first kappa shape index (κ1) is 21.7. The summed E-state index contributed by atoms with van der Waals surface area (Å²) in [5.74, 6) is -0.635. The van der Waals surface area contributed by atoms with Gasteiger partial charge in [0.15, 0.2) is 0 Å². The van der Waals surface area contributed by atoms with Gasteiger partial charge in [-0.25, -0.2) is 13.2 Å². The number of rotatable bonds is 3. The molecule has 1 spiro atoms. The third kappa shape index (κ3) is 4.42. The van der Waals surface area contributed by atoms with E-state index in [1.807, 2.05) is 0 Å². The largest absolute Gasteiger partial charge is 0.573 e. The van der Waals surface area contributed by atoms with E-state index in [9.17, 15) is 31.2 Å². The average Bonchev–Trinajstić information content (AvgIpc) is 3.07. The molecule has 9 nitrogen and oxygen atoms in total. The summed E-state index contributed by atoms with van der Waals surface area (Å²) in [6, 6.07) is 4.01. The normalized spacial score (nSPS) is 21.7. The standard InChI is InChI=1S/C18H21F3N4O5S/c19-18(20,21)30-13-2-1-3-14(10-13)31(28,29)25-8-6-23(7-9-25)16(27)24-11-17(12-24)5-4-15(26)22-17/h1-3,10H,4-9,11-12H2,(H,22,26). The van der Waals surface area contributed by atoms with Gasteiger partial charge in [0.25, 0.3) is 0 Å². The van der Waals surface area contributed by atoms with E-state index in [0.29, 0.717) is 25.9 Å². The van der Waals surface area contributed by atoms with Gasteiger partial charge in [-0.15, -0.1) is 13.2 Å². The Balaban J connectivity index is 1.35. The van der Waals surface area contributed by atoms with E-state index in [-0.39, 0.29) is 48.6 Å². The number of nitrogens with zero attached hydrogens (tertiary/aromatic N) is 3. The van der Waals surface area contributed by atoms with Gasteiger partial charge in [-0.2, -0.15) is 4.31 Å². The number of carbonyl (C=O) groups excluding carboxylic acids is 2. The van der Waals surface area contributed by atoms with Gasteiger partial charge in [-0.1, -0.05) is 6.07 Å². The van der Waals surface area contributed by atoms with E-state index < -0.39 is 22.1 Å². The predicted molar refractivity (Wildman–Crippen MR) is 101 cm³/mol. The van der Waals surface area contributed by atoms with Gasteiger partial charge in [-0.3, -0.25) is 4.79 Å². The highest BCUT2D eigenvalue weighted by molar-refractivity contribution is 7.89. The fourth-order valence-electron chi connectivity index (χ4n) is 4.13. The summed E-state index contributed by atoms with van der Waals surface area (Å²) < 4.78 is 67.8. The molecule has 1 aromatic rings. The third-order valence-electron chi connectivity index (χ3n) is 5.68. The van der Waals surface area contributed by atoms with Crippen LogP contribution in [0.2, 0.25) is 0 Å². The second-order valence-electron chi connectivity index (χ2n) is 7.88. The zero-order valence-electron chi connectivity index (χ0n) is 16.4. The molecule has 13 heteroatoms. The number of nitrogens with one attached hydrogen (secondary N) is 1. The van der Waals surface area contributed by atoms with E-state index in [4.69, 9.17) is 0 Å². The number of ether oxygens (including phenoxy) is 1.